The third-order valence-electron chi connectivity index (χ3n) is 5.86. The van der Waals surface area contributed by atoms with Crippen LogP contribution >= 0.6 is 0 Å². The van der Waals surface area contributed by atoms with Crippen LogP contribution in [0.5, 0.6) is 0 Å². The van der Waals surface area contributed by atoms with Crippen molar-refractivity contribution >= 4 is 5.91 Å². The lowest BCUT2D eigenvalue weighted by atomic mass is 9.87. The predicted molar refractivity (Wildman–Crippen MR) is 108 cm³/mol. The molecule has 27 heavy (non-hydrogen) atoms. The zero-order chi connectivity index (χ0) is 18.2. The van der Waals surface area contributed by atoms with Gasteiger partial charge in [-0.1, -0.05) is 66.7 Å². The Morgan fingerprint density at radius 1 is 0.815 bits per heavy atom. The first-order valence-corrected chi connectivity index (χ1v) is 9.55. The van der Waals surface area contributed by atoms with Gasteiger partial charge in [-0.25, -0.2) is 0 Å². The largest absolute Gasteiger partial charge is 0.336 e. The summed E-state index contributed by atoms with van der Waals surface area (Å²) in [7, 11) is 0. The summed E-state index contributed by atoms with van der Waals surface area (Å²) in [5.41, 5.74) is 5.83. The van der Waals surface area contributed by atoms with E-state index in [-0.39, 0.29) is 5.91 Å². The van der Waals surface area contributed by atoms with Crippen LogP contribution in [0.2, 0.25) is 0 Å². The van der Waals surface area contributed by atoms with Crippen molar-refractivity contribution in [3.8, 4) is 11.1 Å². The molecule has 5 rings (SSSR count). The van der Waals surface area contributed by atoms with Crippen LogP contribution in [0.1, 0.15) is 27.4 Å². The van der Waals surface area contributed by atoms with Crippen molar-refractivity contribution in [2.45, 2.75) is 18.5 Å². The van der Waals surface area contributed by atoms with Gasteiger partial charge in [0.15, 0.2) is 0 Å². The standard InChI is InChI=1S/C24H22N2O/c27-24(19-12-10-18(11-13-19)17-6-2-1-3-7-17)26-15-22-21-9-5-4-8-20(21)14-25-23(22)16-26/h1-13,22-23,25H,14-16H2/t22-,23-/m0/s1. The van der Waals surface area contributed by atoms with Gasteiger partial charge in [-0.05, 0) is 34.4 Å². The molecule has 2 atom stereocenters. The maximum absolute atomic E-state index is 13.0. The lowest BCUT2D eigenvalue weighted by molar-refractivity contribution is 0.0788. The maximum Gasteiger partial charge on any atom is 0.253 e. The Kier molecular flexibility index (Phi) is 4.02. The molecule has 0 aromatic heterocycles. The van der Waals surface area contributed by atoms with Crippen molar-refractivity contribution in [3.63, 3.8) is 0 Å². The average Bonchev–Trinajstić information content (AvgIpc) is 3.19. The second kappa shape index (κ2) is 6.67. The first kappa shape index (κ1) is 16.3. The van der Waals surface area contributed by atoms with Gasteiger partial charge < -0.3 is 10.2 Å². The van der Waals surface area contributed by atoms with E-state index in [2.05, 4.69) is 41.7 Å². The van der Waals surface area contributed by atoms with Crippen LogP contribution < -0.4 is 5.32 Å². The van der Waals surface area contributed by atoms with Gasteiger partial charge in [0.25, 0.3) is 5.91 Å². The molecule has 0 unspecified atom stereocenters. The van der Waals surface area contributed by atoms with Crippen LogP contribution in [0, 0.1) is 0 Å². The first-order chi connectivity index (χ1) is 13.3. The van der Waals surface area contributed by atoms with Gasteiger partial charge in [0.05, 0.1) is 0 Å². The Morgan fingerprint density at radius 2 is 1.52 bits per heavy atom. The second-order valence-corrected chi connectivity index (χ2v) is 7.45. The van der Waals surface area contributed by atoms with Crippen LogP contribution in [-0.2, 0) is 6.54 Å². The minimum absolute atomic E-state index is 0.128. The third-order valence-corrected chi connectivity index (χ3v) is 5.86. The van der Waals surface area contributed by atoms with Crippen LogP contribution in [0.4, 0.5) is 0 Å². The van der Waals surface area contributed by atoms with E-state index in [1.54, 1.807) is 0 Å². The summed E-state index contributed by atoms with van der Waals surface area (Å²) in [4.78, 5) is 15.1. The Morgan fingerprint density at radius 3 is 2.33 bits per heavy atom. The van der Waals surface area contributed by atoms with Crippen LogP contribution in [0.15, 0.2) is 78.9 Å². The molecule has 0 saturated carbocycles. The number of hydrogen-bond acceptors (Lipinski definition) is 2. The molecular formula is C24H22N2O. The van der Waals surface area contributed by atoms with Crippen LogP contribution in [-0.4, -0.2) is 29.9 Å². The monoisotopic (exact) mass is 354 g/mol. The minimum atomic E-state index is 0.128. The second-order valence-electron chi connectivity index (χ2n) is 7.45. The highest BCUT2D eigenvalue weighted by molar-refractivity contribution is 5.95. The summed E-state index contributed by atoms with van der Waals surface area (Å²) in [5.74, 6) is 0.519. The molecule has 1 N–H and O–H groups in total. The molecule has 0 spiro atoms. The molecule has 3 nitrogen and oxygen atoms in total. The molecule has 2 aliphatic rings. The summed E-state index contributed by atoms with van der Waals surface area (Å²) in [6.45, 7) is 2.46. The highest BCUT2D eigenvalue weighted by Crippen LogP contribution is 2.34. The van der Waals surface area contributed by atoms with E-state index in [9.17, 15) is 4.79 Å². The van der Waals surface area contributed by atoms with Crippen LogP contribution in [0.25, 0.3) is 11.1 Å². The number of nitrogens with zero attached hydrogens (tertiary/aromatic N) is 1. The zero-order valence-electron chi connectivity index (χ0n) is 15.1. The maximum atomic E-state index is 13.0. The quantitative estimate of drug-likeness (QED) is 0.752. The lowest BCUT2D eigenvalue weighted by Gasteiger charge is -2.28. The van der Waals surface area contributed by atoms with Crippen molar-refractivity contribution in [2.24, 2.45) is 0 Å². The molecule has 0 bridgehead atoms. The Hall–Kier alpha value is -2.91. The molecular weight excluding hydrogens is 332 g/mol. The number of benzene rings is 3. The lowest BCUT2D eigenvalue weighted by Crippen LogP contribution is -2.39. The number of rotatable bonds is 2. The fourth-order valence-corrected chi connectivity index (χ4v) is 4.41. The number of nitrogens with one attached hydrogen (secondary N) is 1. The third kappa shape index (κ3) is 2.94. The van der Waals surface area contributed by atoms with E-state index in [0.29, 0.717) is 12.0 Å². The summed E-state index contributed by atoms with van der Waals surface area (Å²) < 4.78 is 0. The number of fused-ring (bicyclic) bond motifs is 3. The topological polar surface area (TPSA) is 32.3 Å². The Bertz CT molecular complexity index is 965. The Balaban J connectivity index is 1.35. The van der Waals surface area contributed by atoms with Crippen molar-refractivity contribution in [1.29, 1.82) is 0 Å². The highest BCUT2D eigenvalue weighted by atomic mass is 16.2. The number of carbonyl (C=O) groups excluding carboxylic acids is 1. The van der Waals surface area contributed by atoms with E-state index in [1.165, 1.54) is 16.7 Å². The SMILES string of the molecule is O=C(c1ccc(-c2ccccc2)cc1)N1C[C@@H]2NCc3ccccc3[C@@H]2C1. The minimum Gasteiger partial charge on any atom is -0.336 e. The van der Waals surface area contributed by atoms with Gasteiger partial charge in [-0.2, -0.15) is 0 Å². The molecule has 0 radical (unpaired) electrons. The molecule has 134 valence electrons. The van der Waals surface area contributed by atoms with Crippen molar-refractivity contribution in [2.75, 3.05) is 13.1 Å². The molecule has 1 saturated heterocycles. The van der Waals surface area contributed by atoms with Crippen molar-refractivity contribution in [1.82, 2.24) is 10.2 Å². The molecule has 1 fully saturated rings. The molecule has 3 aromatic carbocycles. The predicted octanol–water partition coefficient (Wildman–Crippen LogP) is 4.07. The van der Waals surface area contributed by atoms with Gasteiger partial charge in [0.2, 0.25) is 0 Å². The fourth-order valence-electron chi connectivity index (χ4n) is 4.41. The van der Waals surface area contributed by atoms with Gasteiger partial charge in [-0.15, -0.1) is 0 Å². The molecule has 1 amide bonds. The molecule has 2 heterocycles. The molecule has 0 aliphatic carbocycles. The van der Waals surface area contributed by atoms with Gasteiger partial charge in [0, 0.05) is 37.2 Å². The summed E-state index contributed by atoms with van der Waals surface area (Å²) in [5, 5.41) is 3.61. The number of hydrogen-bond donors (Lipinski definition) is 1. The molecule has 3 heteroatoms. The van der Waals surface area contributed by atoms with E-state index >= 15 is 0 Å². The van der Waals surface area contributed by atoms with Gasteiger partial charge in [0.1, 0.15) is 0 Å². The number of carbonyl (C=O) groups is 1. The summed E-state index contributed by atoms with van der Waals surface area (Å²) in [6.07, 6.45) is 0. The Labute approximate surface area is 159 Å². The van der Waals surface area contributed by atoms with Crippen molar-refractivity contribution in [3.05, 3.63) is 95.6 Å². The first-order valence-electron chi connectivity index (χ1n) is 9.55. The fraction of sp³-hybridized carbons (Fsp3) is 0.208. The van der Waals surface area contributed by atoms with E-state index in [4.69, 9.17) is 0 Å². The van der Waals surface area contributed by atoms with Gasteiger partial charge >= 0.3 is 0 Å². The number of likely N-dealkylation sites (tertiary alicyclic amines) is 1. The highest BCUT2D eigenvalue weighted by Gasteiger charge is 2.39. The average molecular weight is 354 g/mol. The number of amides is 1. The normalized spacial score (nSPS) is 20.8. The zero-order valence-corrected chi connectivity index (χ0v) is 15.1. The summed E-state index contributed by atoms with van der Waals surface area (Å²) in [6, 6.07) is 27.2. The molecule has 3 aromatic rings. The van der Waals surface area contributed by atoms with Crippen LogP contribution in [0.3, 0.4) is 0 Å². The molecule has 2 aliphatic heterocycles. The summed E-state index contributed by atoms with van der Waals surface area (Å²) >= 11 is 0. The van der Waals surface area contributed by atoms with Crippen molar-refractivity contribution < 1.29 is 4.79 Å². The van der Waals surface area contributed by atoms with Gasteiger partial charge in [-0.3, -0.25) is 4.79 Å². The van der Waals surface area contributed by atoms with E-state index < -0.39 is 0 Å². The smallest absolute Gasteiger partial charge is 0.253 e. The van der Waals surface area contributed by atoms with E-state index in [0.717, 1.165) is 30.8 Å². The van der Waals surface area contributed by atoms with E-state index in [1.807, 2.05) is 47.4 Å².